The van der Waals surface area contributed by atoms with Crippen LogP contribution in [0.15, 0.2) is 18.2 Å². The summed E-state index contributed by atoms with van der Waals surface area (Å²) in [5.74, 6) is 0. The van der Waals surface area contributed by atoms with Crippen LogP contribution in [-0.2, 0) is 0 Å². The van der Waals surface area contributed by atoms with E-state index < -0.39 is 4.92 Å². The minimum Gasteiger partial charge on any atom is -0.399 e. The van der Waals surface area contributed by atoms with Crippen molar-refractivity contribution in [3.8, 4) is 0 Å². The molecule has 3 N–H and O–H groups in total. The number of rotatable bonds is 2. The zero-order valence-corrected chi connectivity index (χ0v) is 6.57. The molecular formula is C7H9N3O2. The normalized spacial score (nSPS) is 9.42. The quantitative estimate of drug-likeness (QED) is 0.394. The lowest BCUT2D eigenvalue weighted by Crippen LogP contribution is -1.97. The minimum absolute atomic E-state index is 0.0340. The molecule has 0 heterocycles. The number of nitro groups is 1. The molecule has 0 aliphatic heterocycles. The number of benzene rings is 1. The number of nitrogens with one attached hydrogen (secondary N) is 1. The Hall–Kier alpha value is -1.78. The number of nitro benzene ring substituents is 1. The van der Waals surface area contributed by atoms with Crippen LogP contribution in [0.25, 0.3) is 0 Å². The fraction of sp³-hybridized carbons (Fsp3) is 0.143. The number of anilines is 2. The van der Waals surface area contributed by atoms with Gasteiger partial charge in [0.2, 0.25) is 0 Å². The molecule has 12 heavy (non-hydrogen) atoms. The summed E-state index contributed by atoms with van der Waals surface area (Å²) in [5.41, 5.74) is 6.41. The number of hydrogen-bond donors (Lipinski definition) is 2. The highest BCUT2D eigenvalue weighted by molar-refractivity contribution is 5.66. The van der Waals surface area contributed by atoms with Gasteiger partial charge in [0.15, 0.2) is 0 Å². The van der Waals surface area contributed by atoms with E-state index in [0.717, 1.165) is 0 Å². The molecule has 64 valence electrons. The Labute approximate surface area is 69.3 Å². The summed E-state index contributed by atoms with van der Waals surface area (Å²) in [7, 11) is 1.61. The van der Waals surface area contributed by atoms with E-state index in [1.54, 1.807) is 7.05 Å². The van der Waals surface area contributed by atoms with Gasteiger partial charge < -0.3 is 11.1 Å². The van der Waals surface area contributed by atoms with Gasteiger partial charge in [0.1, 0.15) is 5.69 Å². The van der Waals surface area contributed by atoms with Crippen LogP contribution >= 0.6 is 0 Å². The monoisotopic (exact) mass is 167 g/mol. The number of hydrogen-bond acceptors (Lipinski definition) is 4. The van der Waals surface area contributed by atoms with E-state index in [0.29, 0.717) is 11.4 Å². The molecule has 5 heteroatoms. The highest BCUT2D eigenvalue weighted by Crippen LogP contribution is 2.25. The van der Waals surface area contributed by atoms with Gasteiger partial charge in [-0.15, -0.1) is 0 Å². The maximum Gasteiger partial charge on any atom is 0.292 e. The van der Waals surface area contributed by atoms with Gasteiger partial charge in [0.25, 0.3) is 5.69 Å². The molecule has 5 nitrogen and oxygen atoms in total. The summed E-state index contributed by atoms with van der Waals surface area (Å²) < 4.78 is 0. The molecule has 0 aliphatic rings. The Balaban J connectivity index is 3.20. The van der Waals surface area contributed by atoms with Crippen molar-refractivity contribution in [3.63, 3.8) is 0 Å². The Kier molecular flexibility index (Phi) is 2.14. The Bertz CT molecular complexity index is 312. The second-order valence-corrected chi connectivity index (χ2v) is 2.28. The van der Waals surface area contributed by atoms with Crippen molar-refractivity contribution in [2.24, 2.45) is 0 Å². The number of nitrogens with two attached hydrogens (primary N) is 1. The molecule has 0 saturated heterocycles. The van der Waals surface area contributed by atoms with Crippen molar-refractivity contribution in [3.05, 3.63) is 28.3 Å². The molecule has 0 amide bonds. The molecule has 0 radical (unpaired) electrons. The molecule has 0 aromatic heterocycles. The topological polar surface area (TPSA) is 81.2 Å². The molecule has 0 spiro atoms. The lowest BCUT2D eigenvalue weighted by Gasteiger charge is -2.01. The maximum absolute atomic E-state index is 10.4. The van der Waals surface area contributed by atoms with Crippen LogP contribution in [0, 0.1) is 10.1 Å². The van der Waals surface area contributed by atoms with E-state index in [1.165, 1.54) is 18.2 Å². The molecule has 1 aromatic rings. The smallest absolute Gasteiger partial charge is 0.292 e. The van der Waals surface area contributed by atoms with Crippen LogP contribution in [0.2, 0.25) is 0 Å². The van der Waals surface area contributed by atoms with Crippen LogP contribution in [0.5, 0.6) is 0 Å². The second kappa shape index (κ2) is 3.08. The summed E-state index contributed by atoms with van der Waals surface area (Å²) >= 11 is 0. The zero-order chi connectivity index (χ0) is 9.14. The Morgan fingerprint density at radius 1 is 1.58 bits per heavy atom. The van der Waals surface area contributed by atoms with Crippen LogP contribution in [0.4, 0.5) is 17.1 Å². The van der Waals surface area contributed by atoms with Crippen LogP contribution in [0.3, 0.4) is 0 Å². The zero-order valence-electron chi connectivity index (χ0n) is 6.57. The van der Waals surface area contributed by atoms with Crippen LogP contribution < -0.4 is 11.1 Å². The van der Waals surface area contributed by atoms with E-state index in [9.17, 15) is 10.1 Å². The summed E-state index contributed by atoms with van der Waals surface area (Å²) in [6.45, 7) is 0. The SMILES string of the molecule is CNc1cc(N)ccc1[N+](=O)[O-]. The van der Waals surface area contributed by atoms with Gasteiger partial charge >= 0.3 is 0 Å². The van der Waals surface area contributed by atoms with Gasteiger partial charge in [-0.25, -0.2) is 0 Å². The van der Waals surface area contributed by atoms with E-state index >= 15 is 0 Å². The number of nitrogen functional groups attached to an aromatic ring is 1. The molecule has 0 aliphatic carbocycles. The first-order valence-electron chi connectivity index (χ1n) is 3.37. The highest BCUT2D eigenvalue weighted by atomic mass is 16.6. The van der Waals surface area contributed by atoms with Crippen molar-refractivity contribution < 1.29 is 4.92 Å². The molecule has 0 unspecified atom stereocenters. The molecule has 0 bridgehead atoms. The van der Waals surface area contributed by atoms with Gasteiger partial charge in [-0.2, -0.15) is 0 Å². The first-order chi connectivity index (χ1) is 5.65. The van der Waals surface area contributed by atoms with Gasteiger partial charge in [-0.3, -0.25) is 10.1 Å². The summed E-state index contributed by atoms with van der Waals surface area (Å²) in [6, 6.07) is 4.40. The standard InChI is InChI=1S/C7H9N3O2/c1-9-6-4-5(8)2-3-7(6)10(11)12/h2-4,9H,8H2,1H3. The van der Waals surface area contributed by atoms with Crippen molar-refractivity contribution in [2.75, 3.05) is 18.1 Å². The van der Waals surface area contributed by atoms with Gasteiger partial charge in [0.05, 0.1) is 4.92 Å². The molecule has 0 saturated carbocycles. The third-order valence-corrected chi connectivity index (χ3v) is 1.49. The van der Waals surface area contributed by atoms with E-state index in [-0.39, 0.29) is 5.69 Å². The van der Waals surface area contributed by atoms with Gasteiger partial charge in [-0.1, -0.05) is 0 Å². The average Bonchev–Trinajstić information content (AvgIpc) is 2.03. The molecule has 1 rings (SSSR count). The third kappa shape index (κ3) is 1.45. The van der Waals surface area contributed by atoms with Crippen molar-refractivity contribution in [1.82, 2.24) is 0 Å². The molecule has 1 aromatic carbocycles. The average molecular weight is 167 g/mol. The molecule has 0 atom stereocenters. The van der Waals surface area contributed by atoms with Crippen molar-refractivity contribution >= 4 is 17.1 Å². The lowest BCUT2D eigenvalue weighted by atomic mass is 10.2. The predicted molar refractivity (Wildman–Crippen MR) is 47.1 cm³/mol. The van der Waals surface area contributed by atoms with Crippen LogP contribution in [0.1, 0.15) is 0 Å². The Morgan fingerprint density at radius 3 is 2.75 bits per heavy atom. The van der Waals surface area contributed by atoms with Crippen molar-refractivity contribution in [1.29, 1.82) is 0 Å². The van der Waals surface area contributed by atoms with Crippen molar-refractivity contribution in [2.45, 2.75) is 0 Å². The lowest BCUT2D eigenvalue weighted by molar-refractivity contribution is -0.383. The summed E-state index contributed by atoms with van der Waals surface area (Å²) in [5, 5.41) is 13.1. The van der Waals surface area contributed by atoms with Crippen LogP contribution in [-0.4, -0.2) is 12.0 Å². The second-order valence-electron chi connectivity index (χ2n) is 2.28. The molecule has 0 fully saturated rings. The maximum atomic E-state index is 10.4. The third-order valence-electron chi connectivity index (χ3n) is 1.49. The highest BCUT2D eigenvalue weighted by Gasteiger charge is 2.11. The summed E-state index contributed by atoms with van der Waals surface area (Å²) in [4.78, 5) is 9.96. The Morgan fingerprint density at radius 2 is 2.25 bits per heavy atom. The predicted octanol–water partition coefficient (Wildman–Crippen LogP) is 1.22. The van der Waals surface area contributed by atoms with Gasteiger partial charge in [-0.05, 0) is 12.1 Å². The fourth-order valence-electron chi connectivity index (χ4n) is 0.913. The van der Waals surface area contributed by atoms with E-state index in [2.05, 4.69) is 5.32 Å². The largest absolute Gasteiger partial charge is 0.399 e. The molecular weight excluding hydrogens is 158 g/mol. The van der Waals surface area contributed by atoms with E-state index in [4.69, 9.17) is 5.73 Å². The summed E-state index contributed by atoms with van der Waals surface area (Å²) in [6.07, 6.45) is 0. The van der Waals surface area contributed by atoms with Gasteiger partial charge in [0, 0.05) is 18.8 Å². The van der Waals surface area contributed by atoms with E-state index in [1.807, 2.05) is 0 Å². The first-order valence-corrected chi connectivity index (χ1v) is 3.37. The minimum atomic E-state index is -0.453. The number of nitrogens with zero attached hydrogens (tertiary/aromatic N) is 1. The fourth-order valence-corrected chi connectivity index (χ4v) is 0.913. The first kappa shape index (κ1) is 8.32.